The van der Waals surface area contributed by atoms with E-state index in [9.17, 15) is 17.6 Å². The van der Waals surface area contributed by atoms with E-state index in [1.165, 1.54) is 44.6 Å². The average molecular weight is 451 g/mol. The predicted octanol–water partition coefficient (Wildman–Crippen LogP) is 4.10. The van der Waals surface area contributed by atoms with E-state index < -0.39 is 21.7 Å². The first kappa shape index (κ1) is 22.9. The standard InChI is InChI=1S/C22H27FN2O5S/c1-29-20-14-16(31(27,28)25-19-12-8-7-11-18(19)23)13-17(21(20)30-2)22(26)24-15-9-5-3-4-6-10-15/h7-8,11-15,25H,3-6,9-10H2,1-2H3,(H,24,26). The highest BCUT2D eigenvalue weighted by Gasteiger charge is 2.26. The molecule has 1 aliphatic rings. The van der Waals surface area contributed by atoms with Gasteiger partial charge in [-0.3, -0.25) is 9.52 Å². The van der Waals surface area contributed by atoms with E-state index in [-0.39, 0.29) is 33.7 Å². The molecule has 2 aromatic carbocycles. The summed E-state index contributed by atoms with van der Waals surface area (Å²) in [7, 11) is -1.46. The number of rotatable bonds is 7. The second-order valence-electron chi connectivity index (χ2n) is 7.45. The van der Waals surface area contributed by atoms with Gasteiger partial charge in [0.15, 0.2) is 11.5 Å². The highest BCUT2D eigenvalue weighted by atomic mass is 32.2. The zero-order valence-electron chi connectivity index (χ0n) is 17.6. The minimum absolute atomic E-state index is 0.0162. The van der Waals surface area contributed by atoms with Crippen molar-refractivity contribution in [1.29, 1.82) is 0 Å². The molecule has 9 heteroatoms. The zero-order valence-corrected chi connectivity index (χ0v) is 18.4. The summed E-state index contributed by atoms with van der Waals surface area (Å²) in [5, 5.41) is 2.99. The van der Waals surface area contributed by atoms with Crippen molar-refractivity contribution < 1.29 is 27.1 Å². The molecule has 0 aromatic heterocycles. The number of anilines is 1. The van der Waals surface area contributed by atoms with Crippen LogP contribution in [0.3, 0.4) is 0 Å². The second kappa shape index (κ2) is 10.00. The number of ether oxygens (including phenoxy) is 2. The number of hydrogen-bond acceptors (Lipinski definition) is 5. The second-order valence-corrected chi connectivity index (χ2v) is 9.14. The van der Waals surface area contributed by atoms with Crippen LogP contribution >= 0.6 is 0 Å². The van der Waals surface area contributed by atoms with Crippen molar-refractivity contribution in [2.75, 3.05) is 18.9 Å². The van der Waals surface area contributed by atoms with Crippen LogP contribution in [0.5, 0.6) is 11.5 Å². The van der Waals surface area contributed by atoms with E-state index in [2.05, 4.69) is 10.0 Å². The highest BCUT2D eigenvalue weighted by molar-refractivity contribution is 7.92. The molecule has 0 heterocycles. The van der Waals surface area contributed by atoms with Gasteiger partial charge in [0.05, 0.1) is 30.4 Å². The molecule has 168 valence electrons. The van der Waals surface area contributed by atoms with Gasteiger partial charge in [0.2, 0.25) is 0 Å². The molecule has 2 aromatic rings. The Bertz CT molecular complexity index is 1030. The number of carbonyl (C=O) groups is 1. The number of amides is 1. The topological polar surface area (TPSA) is 93.7 Å². The van der Waals surface area contributed by atoms with Gasteiger partial charge in [0.1, 0.15) is 5.82 Å². The Morgan fingerprint density at radius 2 is 1.71 bits per heavy atom. The smallest absolute Gasteiger partial charge is 0.262 e. The third kappa shape index (κ3) is 5.46. The Labute approximate surface area is 182 Å². The maximum absolute atomic E-state index is 14.0. The van der Waals surface area contributed by atoms with E-state index in [0.717, 1.165) is 44.6 Å². The number of methoxy groups -OCH3 is 2. The molecule has 0 spiro atoms. The summed E-state index contributed by atoms with van der Waals surface area (Å²) in [4.78, 5) is 12.8. The Morgan fingerprint density at radius 3 is 2.32 bits per heavy atom. The summed E-state index contributed by atoms with van der Waals surface area (Å²) in [5.74, 6) is -0.925. The van der Waals surface area contributed by atoms with Crippen LogP contribution in [0.1, 0.15) is 48.9 Å². The van der Waals surface area contributed by atoms with Gasteiger partial charge in [-0.05, 0) is 31.0 Å². The maximum atomic E-state index is 14.0. The first-order chi connectivity index (χ1) is 14.9. The number of benzene rings is 2. The van der Waals surface area contributed by atoms with Crippen molar-refractivity contribution in [3.05, 3.63) is 47.8 Å². The molecule has 0 unspecified atom stereocenters. The van der Waals surface area contributed by atoms with Crippen LogP contribution in [0.15, 0.2) is 41.3 Å². The number of carbonyl (C=O) groups excluding carboxylic acids is 1. The van der Waals surface area contributed by atoms with Crippen molar-refractivity contribution in [1.82, 2.24) is 5.32 Å². The van der Waals surface area contributed by atoms with Crippen molar-refractivity contribution in [2.45, 2.75) is 49.5 Å². The van der Waals surface area contributed by atoms with Crippen LogP contribution in [0.4, 0.5) is 10.1 Å². The molecule has 2 N–H and O–H groups in total. The molecule has 1 fully saturated rings. The lowest BCUT2D eigenvalue weighted by molar-refractivity contribution is 0.0929. The molecular formula is C22H27FN2O5S. The summed E-state index contributed by atoms with van der Waals surface area (Å²) in [6.45, 7) is 0. The SMILES string of the molecule is COc1cc(S(=O)(=O)Nc2ccccc2F)cc(C(=O)NC2CCCCCC2)c1OC. The molecular weight excluding hydrogens is 423 g/mol. The third-order valence-electron chi connectivity index (χ3n) is 5.32. The Morgan fingerprint density at radius 1 is 1.03 bits per heavy atom. The van der Waals surface area contributed by atoms with Gasteiger partial charge < -0.3 is 14.8 Å². The lowest BCUT2D eigenvalue weighted by Gasteiger charge is -2.19. The first-order valence-corrected chi connectivity index (χ1v) is 11.7. The molecule has 0 saturated heterocycles. The van der Waals surface area contributed by atoms with E-state index in [4.69, 9.17) is 9.47 Å². The molecule has 1 aliphatic carbocycles. The number of sulfonamides is 1. The van der Waals surface area contributed by atoms with Crippen LogP contribution in [-0.2, 0) is 10.0 Å². The van der Waals surface area contributed by atoms with Crippen molar-refractivity contribution in [2.24, 2.45) is 0 Å². The summed E-state index contributed by atoms with van der Waals surface area (Å²) in [6.07, 6.45) is 6.09. The third-order valence-corrected chi connectivity index (χ3v) is 6.66. The Hall–Kier alpha value is -2.81. The molecule has 1 amide bonds. The fraction of sp³-hybridized carbons (Fsp3) is 0.409. The zero-order chi connectivity index (χ0) is 22.4. The van der Waals surface area contributed by atoms with Crippen LogP contribution < -0.4 is 19.5 Å². The number of nitrogens with one attached hydrogen (secondary N) is 2. The average Bonchev–Trinajstić information content (AvgIpc) is 3.02. The predicted molar refractivity (Wildman–Crippen MR) is 116 cm³/mol. The van der Waals surface area contributed by atoms with Crippen LogP contribution in [-0.4, -0.2) is 34.6 Å². The van der Waals surface area contributed by atoms with Crippen LogP contribution in [0.2, 0.25) is 0 Å². The maximum Gasteiger partial charge on any atom is 0.262 e. The molecule has 0 radical (unpaired) electrons. The Balaban J connectivity index is 1.96. The molecule has 0 bridgehead atoms. The molecule has 0 atom stereocenters. The van der Waals surface area contributed by atoms with E-state index in [1.807, 2.05) is 0 Å². The van der Waals surface area contributed by atoms with Gasteiger partial charge in [0, 0.05) is 12.1 Å². The van der Waals surface area contributed by atoms with Crippen molar-refractivity contribution in [3.63, 3.8) is 0 Å². The fourth-order valence-corrected chi connectivity index (χ4v) is 4.81. The minimum atomic E-state index is -4.19. The fourth-order valence-electron chi connectivity index (χ4n) is 3.70. The molecule has 0 aliphatic heterocycles. The largest absolute Gasteiger partial charge is 0.493 e. The normalized spacial score (nSPS) is 15.1. The quantitative estimate of drug-likeness (QED) is 0.620. The van der Waals surface area contributed by atoms with E-state index in [1.54, 1.807) is 0 Å². The molecule has 3 rings (SSSR count). The number of halogens is 1. The monoisotopic (exact) mass is 450 g/mol. The van der Waals surface area contributed by atoms with Crippen molar-refractivity contribution >= 4 is 21.6 Å². The number of para-hydroxylation sites is 1. The summed E-state index contributed by atoms with van der Waals surface area (Å²) in [5.41, 5.74) is -0.151. The van der Waals surface area contributed by atoms with Crippen LogP contribution in [0.25, 0.3) is 0 Å². The molecule has 7 nitrogen and oxygen atoms in total. The van der Waals surface area contributed by atoms with Gasteiger partial charge in [-0.25, -0.2) is 12.8 Å². The summed E-state index contributed by atoms with van der Waals surface area (Å²) < 4.78 is 52.7. The van der Waals surface area contributed by atoms with Gasteiger partial charge >= 0.3 is 0 Å². The van der Waals surface area contributed by atoms with Gasteiger partial charge in [-0.1, -0.05) is 37.8 Å². The minimum Gasteiger partial charge on any atom is -0.493 e. The van der Waals surface area contributed by atoms with Gasteiger partial charge in [-0.2, -0.15) is 0 Å². The Kier molecular flexibility index (Phi) is 7.37. The first-order valence-electron chi connectivity index (χ1n) is 10.2. The van der Waals surface area contributed by atoms with E-state index in [0.29, 0.717) is 0 Å². The summed E-state index contributed by atoms with van der Waals surface area (Å²) >= 11 is 0. The lowest BCUT2D eigenvalue weighted by Crippen LogP contribution is -2.34. The molecule has 31 heavy (non-hydrogen) atoms. The van der Waals surface area contributed by atoms with Crippen LogP contribution in [0, 0.1) is 5.82 Å². The van der Waals surface area contributed by atoms with Gasteiger partial charge in [0.25, 0.3) is 15.9 Å². The van der Waals surface area contributed by atoms with E-state index >= 15 is 0 Å². The van der Waals surface area contributed by atoms with Gasteiger partial charge in [-0.15, -0.1) is 0 Å². The lowest BCUT2D eigenvalue weighted by atomic mass is 10.1. The highest BCUT2D eigenvalue weighted by Crippen LogP contribution is 2.35. The van der Waals surface area contributed by atoms with Crippen molar-refractivity contribution in [3.8, 4) is 11.5 Å². The number of hydrogen-bond donors (Lipinski definition) is 2. The molecule has 1 saturated carbocycles. The summed E-state index contributed by atoms with van der Waals surface area (Å²) in [6, 6.07) is 7.91.